The van der Waals surface area contributed by atoms with Crippen LogP contribution in [0.2, 0.25) is 0 Å². The highest BCUT2D eigenvalue weighted by Gasteiger charge is 2.33. The monoisotopic (exact) mass is 489 g/mol. The van der Waals surface area contributed by atoms with E-state index in [1.807, 2.05) is 22.8 Å². The fourth-order valence-electron chi connectivity index (χ4n) is 6.12. The zero-order chi connectivity index (χ0) is 24.8. The molecule has 1 atom stereocenters. The Bertz CT molecular complexity index is 1270. The van der Waals surface area contributed by atoms with Crippen LogP contribution in [0.1, 0.15) is 48.2 Å². The number of anilines is 1. The summed E-state index contributed by atoms with van der Waals surface area (Å²) in [4.78, 5) is 16.9. The molecule has 1 aromatic carbocycles. The second-order valence-electron chi connectivity index (χ2n) is 10.3. The summed E-state index contributed by atoms with van der Waals surface area (Å²) >= 11 is 0. The van der Waals surface area contributed by atoms with Crippen LogP contribution in [0.5, 0.6) is 0 Å². The largest absolute Gasteiger partial charge is 0.381 e. The summed E-state index contributed by atoms with van der Waals surface area (Å²) < 4.78 is 9.78. The zero-order valence-electron chi connectivity index (χ0n) is 21.4. The van der Waals surface area contributed by atoms with Crippen molar-refractivity contribution in [2.24, 2.45) is 7.05 Å². The number of ether oxygens (including phenoxy) is 1. The Morgan fingerprint density at radius 3 is 2.75 bits per heavy atom. The minimum atomic E-state index is -0.0266. The summed E-state index contributed by atoms with van der Waals surface area (Å²) in [6.45, 7) is 6.00. The number of urea groups is 1. The minimum absolute atomic E-state index is 0.0266. The number of aryl methyl sites for hydroxylation is 1. The minimum Gasteiger partial charge on any atom is -0.381 e. The van der Waals surface area contributed by atoms with Crippen LogP contribution in [0, 0.1) is 0 Å². The lowest BCUT2D eigenvalue weighted by molar-refractivity contribution is 0.0651. The molecule has 9 nitrogen and oxygen atoms in total. The van der Waals surface area contributed by atoms with Crippen molar-refractivity contribution in [1.82, 2.24) is 29.8 Å². The number of hydrogen-bond donors (Lipinski definition) is 1. The third-order valence-corrected chi connectivity index (χ3v) is 8.05. The molecule has 1 N–H and O–H groups in total. The molecule has 0 saturated carbocycles. The van der Waals surface area contributed by atoms with Crippen LogP contribution < -0.4 is 10.2 Å². The van der Waals surface area contributed by atoms with Gasteiger partial charge in [-0.1, -0.05) is 18.2 Å². The van der Waals surface area contributed by atoms with E-state index in [0.29, 0.717) is 25.2 Å². The normalized spacial score (nSPS) is 20.2. The molecule has 5 heterocycles. The average molecular weight is 490 g/mol. The maximum Gasteiger partial charge on any atom is 0.317 e. The van der Waals surface area contributed by atoms with Crippen LogP contribution in [0.15, 0.2) is 30.6 Å². The van der Waals surface area contributed by atoms with E-state index in [0.717, 1.165) is 56.8 Å². The highest BCUT2D eigenvalue weighted by Crippen LogP contribution is 2.39. The first-order valence-electron chi connectivity index (χ1n) is 13.0. The van der Waals surface area contributed by atoms with Gasteiger partial charge >= 0.3 is 6.03 Å². The average Bonchev–Trinajstić information content (AvgIpc) is 3.51. The summed E-state index contributed by atoms with van der Waals surface area (Å²) in [5.41, 5.74) is 8.62. The second-order valence-corrected chi connectivity index (χ2v) is 10.3. The van der Waals surface area contributed by atoms with E-state index in [9.17, 15) is 4.79 Å². The SMILES string of the molecule is CNC(=O)N1CCc2c(c(-c3cccc4c3CC(C)N(c3cnn(C)c3)C4)nn2C2CCOCC2)C1. The van der Waals surface area contributed by atoms with Crippen LogP contribution in [-0.4, -0.2) is 63.3 Å². The standard InChI is InChI=1S/C27H35N7O2/c1-18-13-23-19(15-33(18)21-14-29-31(3)16-21)5-4-6-22(23)26-24-17-32(27(35)28-2)10-7-25(24)34(30-26)20-8-11-36-12-9-20/h4-6,14,16,18,20H,7-13,15,17H2,1-3H3,(H,28,35). The molecule has 190 valence electrons. The van der Waals surface area contributed by atoms with E-state index in [1.165, 1.54) is 27.9 Å². The summed E-state index contributed by atoms with van der Waals surface area (Å²) in [5, 5.41) is 12.5. The fourth-order valence-corrected chi connectivity index (χ4v) is 6.12. The summed E-state index contributed by atoms with van der Waals surface area (Å²) in [7, 11) is 3.66. The lowest BCUT2D eigenvalue weighted by atomic mass is 9.87. The van der Waals surface area contributed by atoms with Crippen LogP contribution >= 0.6 is 0 Å². The van der Waals surface area contributed by atoms with E-state index < -0.39 is 0 Å². The molecular weight excluding hydrogens is 454 g/mol. The van der Waals surface area contributed by atoms with E-state index in [-0.39, 0.29) is 6.03 Å². The van der Waals surface area contributed by atoms with Gasteiger partial charge in [0.15, 0.2) is 0 Å². The molecule has 1 fully saturated rings. The van der Waals surface area contributed by atoms with Crippen molar-refractivity contribution in [2.45, 2.75) is 57.8 Å². The highest BCUT2D eigenvalue weighted by molar-refractivity contribution is 5.76. The van der Waals surface area contributed by atoms with E-state index in [1.54, 1.807) is 7.05 Å². The molecule has 9 heteroatoms. The van der Waals surface area contributed by atoms with Crippen molar-refractivity contribution in [3.8, 4) is 11.3 Å². The van der Waals surface area contributed by atoms with Crippen molar-refractivity contribution in [3.05, 3.63) is 53.0 Å². The van der Waals surface area contributed by atoms with Crippen molar-refractivity contribution in [1.29, 1.82) is 0 Å². The fraction of sp³-hybridized carbons (Fsp3) is 0.519. The number of carbonyl (C=O) groups excluding carboxylic acids is 1. The second kappa shape index (κ2) is 9.28. The number of carbonyl (C=O) groups is 1. The number of amides is 2. The van der Waals surface area contributed by atoms with Crippen LogP contribution in [0.3, 0.4) is 0 Å². The van der Waals surface area contributed by atoms with Gasteiger partial charge in [-0.2, -0.15) is 10.2 Å². The number of fused-ring (bicyclic) bond motifs is 2. The van der Waals surface area contributed by atoms with Crippen LogP contribution in [0.4, 0.5) is 10.5 Å². The molecule has 0 radical (unpaired) electrons. The Kier molecular flexibility index (Phi) is 5.95. The van der Waals surface area contributed by atoms with Gasteiger partial charge in [0.25, 0.3) is 0 Å². The number of rotatable bonds is 3. The van der Waals surface area contributed by atoms with Crippen molar-refractivity contribution in [3.63, 3.8) is 0 Å². The van der Waals surface area contributed by atoms with Crippen molar-refractivity contribution in [2.75, 3.05) is 31.7 Å². The molecule has 2 amide bonds. The number of benzene rings is 1. The Hall–Kier alpha value is -3.33. The predicted octanol–water partition coefficient (Wildman–Crippen LogP) is 3.28. The zero-order valence-corrected chi connectivity index (χ0v) is 21.4. The van der Waals surface area contributed by atoms with Crippen molar-refractivity contribution < 1.29 is 9.53 Å². The third-order valence-electron chi connectivity index (χ3n) is 8.05. The molecule has 0 spiro atoms. The Balaban J connectivity index is 1.42. The van der Waals surface area contributed by atoms with Gasteiger partial charge in [-0.25, -0.2) is 4.79 Å². The first-order valence-corrected chi connectivity index (χ1v) is 13.0. The molecule has 0 aliphatic carbocycles. The van der Waals surface area contributed by atoms with Gasteiger partial charge in [0.05, 0.1) is 30.2 Å². The third kappa shape index (κ3) is 3.95. The predicted molar refractivity (Wildman–Crippen MR) is 138 cm³/mol. The molecule has 6 rings (SSSR count). The molecule has 1 unspecified atom stereocenters. The van der Waals surface area contributed by atoms with Gasteiger partial charge in [-0.3, -0.25) is 9.36 Å². The van der Waals surface area contributed by atoms with Crippen LogP contribution in [-0.2, 0) is 37.7 Å². The van der Waals surface area contributed by atoms with Gasteiger partial charge in [0.1, 0.15) is 0 Å². The molecular formula is C27H35N7O2. The number of nitrogens with zero attached hydrogens (tertiary/aromatic N) is 6. The molecule has 3 aliphatic heterocycles. The van der Waals surface area contributed by atoms with E-state index >= 15 is 0 Å². The first-order chi connectivity index (χ1) is 17.5. The molecule has 2 aromatic heterocycles. The van der Waals surface area contributed by atoms with E-state index in [4.69, 9.17) is 9.84 Å². The maximum absolute atomic E-state index is 12.5. The number of aromatic nitrogens is 4. The lowest BCUT2D eigenvalue weighted by Gasteiger charge is -2.36. The Labute approximate surface area is 212 Å². The summed E-state index contributed by atoms with van der Waals surface area (Å²) in [6, 6.07) is 7.30. The van der Waals surface area contributed by atoms with Crippen molar-refractivity contribution >= 4 is 11.7 Å². The Morgan fingerprint density at radius 1 is 1.17 bits per heavy atom. The molecule has 0 bridgehead atoms. The highest BCUT2D eigenvalue weighted by atomic mass is 16.5. The van der Waals surface area contributed by atoms with E-state index in [2.05, 4.69) is 51.3 Å². The van der Waals surface area contributed by atoms with Gasteiger partial charge in [-0.15, -0.1) is 0 Å². The van der Waals surface area contributed by atoms with Gasteiger partial charge < -0.3 is 19.9 Å². The lowest BCUT2D eigenvalue weighted by Crippen LogP contribution is -2.41. The quantitative estimate of drug-likeness (QED) is 0.611. The van der Waals surface area contributed by atoms with Gasteiger partial charge in [0, 0.05) is 75.9 Å². The van der Waals surface area contributed by atoms with Gasteiger partial charge in [0.2, 0.25) is 0 Å². The topological polar surface area (TPSA) is 80.5 Å². The number of hydrogen-bond acceptors (Lipinski definition) is 5. The van der Waals surface area contributed by atoms with Gasteiger partial charge in [-0.05, 0) is 37.3 Å². The summed E-state index contributed by atoms with van der Waals surface area (Å²) in [5.74, 6) is 0. The smallest absolute Gasteiger partial charge is 0.317 e. The Morgan fingerprint density at radius 2 is 2.00 bits per heavy atom. The summed E-state index contributed by atoms with van der Waals surface area (Å²) in [6.07, 6.45) is 7.77. The maximum atomic E-state index is 12.5. The molecule has 3 aliphatic rings. The number of nitrogens with one attached hydrogen (secondary N) is 1. The molecule has 3 aromatic rings. The molecule has 36 heavy (non-hydrogen) atoms. The molecule has 1 saturated heterocycles. The first kappa shape index (κ1) is 23.1. The van der Waals surface area contributed by atoms with Crippen LogP contribution in [0.25, 0.3) is 11.3 Å².